The molecule has 0 atom stereocenters. The molecular formula is C21H22N4O3. The summed E-state index contributed by atoms with van der Waals surface area (Å²) in [5.74, 6) is -1.09. The summed E-state index contributed by atoms with van der Waals surface area (Å²) in [6.45, 7) is 2.42. The van der Waals surface area contributed by atoms with Crippen molar-refractivity contribution in [3.63, 3.8) is 0 Å². The zero-order chi connectivity index (χ0) is 19.5. The number of fused-ring (bicyclic) bond motifs is 1. The van der Waals surface area contributed by atoms with Crippen LogP contribution in [-0.4, -0.2) is 58.2 Å². The van der Waals surface area contributed by atoms with Gasteiger partial charge in [0.15, 0.2) is 0 Å². The number of nitrogens with zero attached hydrogens (tertiary/aromatic N) is 3. The summed E-state index contributed by atoms with van der Waals surface area (Å²) >= 11 is 0. The molecule has 3 amide bonds. The van der Waals surface area contributed by atoms with Crippen molar-refractivity contribution < 1.29 is 14.4 Å². The van der Waals surface area contributed by atoms with Crippen LogP contribution in [0.4, 0.5) is 0 Å². The summed E-state index contributed by atoms with van der Waals surface area (Å²) in [7, 11) is 0. The number of hydrogen-bond acceptors (Lipinski definition) is 5. The minimum Gasteiger partial charge on any atom is -0.352 e. The van der Waals surface area contributed by atoms with Gasteiger partial charge in [0.05, 0.1) is 11.1 Å². The Morgan fingerprint density at radius 2 is 1.61 bits per heavy atom. The maximum Gasteiger partial charge on any atom is 0.262 e. The van der Waals surface area contributed by atoms with Crippen LogP contribution in [0.1, 0.15) is 39.1 Å². The largest absolute Gasteiger partial charge is 0.352 e. The van der Waals surface area contributed by atoms with Crippen LogP contribution in [0, 0.1) is 0 Å². The van der Waals surface area contributed by atoms with Crippen LogP contribution in [0.25, 0.3) is 0 Å². The fraction of sp³-hybridized carbons (Fsp3) is 0.333. The van der Waals surface area contributed by atoms with Crippen molar-refractivity contribution in [2.24, 2.45) is 0 Å². The molecule has 4 rings (SSSR count). The molecule has 7 nitrogen and oxygen atoms in total. The van der Waals surface area contributed by atoms with Crippen molar-refractivity contribution in [3.8, 4) is 0 Å². The highest BCUT2D eigenvalue weighted by molar-refractivity contribution is 6.22. The first-order valence-electron chi connectivity index (χ1n) is 9.47. The predicted molar refractivity (Wildman–Crippen MR) is 102 cm³/mol. The van der Waals surface area contributed by atoms with Gasteiger partial charge in [0.25, 0.3) is 11.8 Å². The summed E-state index contributed by atoms with van der Waals surface area (Å²) in [6, 6.07) is 10.8. The number of imide groups is 1. The first kappa shape index (κ1) is 18.3. The van der Waals surface area contributed by atoms with Gasteiger partial charge in [-0.2, -0.15) is 0 Å². The summed E-state index contributed by atoms with van der Waals surface area (Å²) in [4.78, 5) is 44.5. The number of hydrogen-bond donors (Lipinski definition) is 1. The molecule has 1 N–H and O–H groups in total. The second-order valence-corrected chi connectivity index (χ2v) is 7.22. The summed E-state index contributed by atoms with van der Waals surface area (Å²) in [6.07, 6.45) is 5.28. The van der Waals surface area contributed by atoms with Crippen LogP contribution in [-0.2, 0) is 11.3 Å². The summed E-state index contributed by atoms with van der Waals surface area (Å²) in [5, 5.41) is 2.98. The van der Waals surface area contributed by atoms with Gasteiger partial charge in [-0.3, -0.25) is 29.2 Å². The molecule has 0 spiro atoms. The summed E-state index contributed by atoms with van der Waals surface area (Å²) < 4.78 is 0. The number of carbonyl (C=O) groups excluding carboxylic acids is 3. The molecule has 2 aromatic rings. The minimum absolute atomic E-state index is 0.0661. The molecule has 3 heterocycles. The molecule has 1 aromatic carbocycles. The monoisotopic (exact) mass is 378 g/mol. The van der Waals surface area contributed by atoms with E-state index in [1.165, 1.54) is 5.56 Å². The molecule has 0 aliphatic carbocycles. The van der Waals surface area contributed by atoms with Crippen molar-refractivity contribution in [1.29, 1.82) is 0 Å². The van der Waals surface area contributed by atoms with E-state index < -0.39 is 11.8 Å². The van der Waals surface area contributed by atoms with Gasteiger partial charge in [0.2, 0.25) is 5.91 Å². The normalized spacial score (nSPS) is 17.6. The maximum absolute atomic E-state index is 12.4. The van der Waals surface area contributed by atoms with Crippen molar-refractivity contribution >= 4 is 17.7 Å². The highest BCUT2D eigenvalue weighted by Crippen LogP contribution is 2.22. The van der Waals surface area contributed by atoms with Crippen molar-refractivity contribution in [2.45, 2.75) is 25.4 Å². The number of pyridine rings is 1. The number of carbonyl (C=O) groups is 3. The molecule has 7 heteroatoms. The van der Waals surface area contributed by atoms with E-state index >= 15 is 0 Å². The van der Waals surface area contributed by atoms with Gasteiger partial charge in [-0.25, -0.2) is 0 Å². The predicted octanol–water partition coefficient (Wildman–Crippen LogP) is 1.46. The lowest BCUT2D eigenvalue weighted by atomic mass is 10.0. The Balaban J connectivity index is 1.26. The van der Waals surface area contributed by atoms with Gasteiger partial charge in [0, 0.05) is 38.1 Å². The van der Waals surface area contributed by atoms with Crippen LogP contribution in [0.15, 0.2) is 48.8 Å². The number of aromatic nitrogens is 1. The van der Waals surface area contributed by atoms with E-state index in [1.54, 1.807) is 36.7 Å². The third kappa shape index (κ3) is 3.80. The molecule has 2 aliphatic rings. The SMILES string of the molecule is O=C(CN1C(=O)c2ccccc2C1=O)NC1CCN(Cc2ccncc2)CC1. The van der Waals surface area contributed by atoms with Crippen LogP contribution in [0.5, 0.6) is 0 Å². The zero-order valence-electron chi connectivity index (χ0n) is 15.5. The van der Waals surface area contributed by atoms with Crippen molar-refractivity contribution in [1.82, 2.24) is 20.1 Å². The number of piperidine rings is 1. The van der Waals surface area contributed by atoms with E-state index in [1.807, 2.05) is 12.1 Å². The van der Waals surface area contributed by atoms with Crippen LogP contribution in [0.3, 0.4) is 0 Å². The molecule has 2 aliphatic heterocycles. The Morgan fingerprint density at radius 1 is 1.00 bits per heavy atom. The number of amides is 3. The third-order valence-corrected chi connectivity index (χ3v) is 5.29. The fourth-order valence-corrected chi connectivity index (χ4v) is 3.78. The quantitative estimate of drug-likeness (QED) is 0.797. The molecule has 28 heavy (non-hydrogen) atoms. The standard InChI is InChI=1S/C21H22N4O3/c26-19(14-25-20(27)17-3-1-2-4-18(17)21(25)28)23-16-7-11-24(12-8-16)13-15-5-9-22-10-6-15/h1-6,9-10,16H,7-8,11-14H2,(H,23,26). The van der Waals surface area contributed by atoms with E-state index in [0.717, 1.165) is 37.4 Å². The molecule has 1 saturated heterocycles. The summed E-state index contributed by atoms with van der Waals surface area (Å²) in [5.41, 5.74) is 1.96. The Kier molecular flexibility index (Phi) is 5.16. The lowest BCUT2D eigenvalue weighted by molar-refractivity contribution is -0.122. The Bertz CT molecular complexity index is 857. The van der Waals surface area contributed by atoms with Gasteiger partial charge >= 0.3 is 0 Å². The molecule has 1 fully saturated rings. The number of nitrogens with one attached hydrogen (secondary N) is 1. The molecular weight excluding hydrogens is 356 g/mol. The Hall–Kier alpha value is -3.06. The van der Waals surface area contributed by atoms with Gasteiger partial charge in [-0.05, 0) is 42.7 Å². The Morgan fingerprint density at radius 3 is 2.21 bits per heavy atom. The number of rotatable bonds is 5. The van der Waals surface area contributed by atoms with Crippen LogP contribution < -0.4 is 5.32 Å². The molecule has 0 unspecified atom stereocenters. The van der Waals surface area contributed by atoms with E-state index in [-0.39, 0.29) is 18.5 Å². The van der Waals surface area contributed by atoms with E-state index in [9.17, 15) is 14.4 Å². The molecule has 0 saturated carbocycles. The molecule has 0 radical (unpaired) electrons. The molecule has 1 aromatic heterocycles. The topological polar surface area (TPSA) is 82.6 Å². The van der Waals surface area contributed by atoms with Gasteiger partial charge in [0.1, 0.15) is 6.54 Å². The molecule has 0 bridgehead atoms. The van der Waals surface area contributed by atoms with Gasteiger partial charge < -0.3 is 5.32 Å². The van der Waals surface area contributed by atoms with Crippen LogP contribution >= 0.6 is 0 Å². The number of likely N-dealkylation sites (tertiary alicyclic amines) is 1. The lowest BCUT2D eigenvalue weighted by Crippen LogP contribution is -2.48. The molecule has 144 valence electrons. The van der Waals surface area contributed by atoms with Crippen molar-refractivity contribution in [3.05, 3.63) is 65.5 Å². The smallest absolute Gasteiger partial charge is 0.262 e. The first-order valence-corrected chi connectivity index (χ1v) is 9.47. The van der Waals surface area contributed by atoms with Gasteiger partial charge in [-0.1, -0.05) is 12.1 Å². The second kappa shape index (κ2) is 7.90. The maximum atomic E-state index is 12.4. The third-order valence-electron chi connectivity index (χ3n) is 5.29. The van der Waals surface area contributed by atoms with Crippen LogP contribution in [0.2, 0.25) is 0 Å². The minimum atomic E-state index is -0.400. The van der Waals surface area contributed by atoms with Gasteiger partial charge in [-0.15, -0.1) is 0 Å². The highest BCUT2D eigenvalue weighted by Gasteiger charge is 2.36. The Labute approximate surface area is 163 Å². The second-order valence-electron chi connectivity index (χ2n) is 7.22. The van der Waals surface area contributed by atoms with E-state index in [4.69, 9.17) is 0 Å². The first-order chi connectivity index (χ1) is 13.6. The average molecular weight is 378 g/mol. The van der Waals surface area contributed by atoms with Crippen molar-refractivity contribution in [2.75, 3.05) is 19.6 Å². The zero-order valence-corrected chi connectivity index (χ0v) is 15.5. The average Bonchev–Trinajstić information content (AvgIpc) is 2.95. The number of benzene rings is 1. The lowest BCUT2D eigenvalue weighted by Gasteiger charge is -2.32. The van der Waals surface area contributed by atoms with E-state index in [2.05, 4.69) is 15.2 Å². The van der Waals surface area contributed by atoms with E-state index in [0.29, 0.717) is 11.1 Å². The highest BCUT2D eigenvalue weighted by atomic mass is 16.2. The fourth-order valence-electron chi connectivity index (χ4n) is 3.78.